The molecule has 0 amide bonds. The van der Waals surface area contributed by atoms with Gasteiger partial charge in [-0.15, -0.1) is 0 Å². The van der Waals surface area contributed by atoms with Gasteiger partial charge in [-0.1, -0.05) is 70.6 Å². The number of aliphatic hydroxyl groups excluding tert-OH is 1. The summed E-state index contributed by atoms with van der Waals surface area (Å²) in [5.41, 5.74) is 0.182. The van der Waals surface area contributed by atoms with E-state index in [1.807, 2.05) is 32.1 Å². The number of hydrogen-bond acceptors (Lipinski definition) is 14. The number of fused-ring (bicyclic) bond motifs is 2. The number of ether oxygens (including phenoxy) is 9. The van der Waals surface area contributed by atoms with Gasteiger partial charge in [-0.3, -0.25) is 9.63 Å². The highest BCUT2D eigenvalue weighted by atomic mass is 16.7. The predicted molar refractivity (Wildman–Crippen MR) is 229 cm³/mol. The number of nitrogens with two attached hydrogens (primary N) is 1. The van der Waals surface area contributed by atoms with E-state index in [9.17, 15) is 15.0 Å². The van der Waals surface area contributed by atoms with Gasteiger partial charge in [0.2, 0.25) is 0 Å². The van der Waals surface area contributed by atoms with Crippen molar-refractivity contribution < 1.29 is 62.5 Å². The molecule has 7 aliphatic rings. The van der Waals surface area contributed by atoms with Crippen molar-refractivity contribution in [3.8, 4) is 0 Å². The molecule has 4 N–H and O–H groups in total. The van der Waals surface area contributed by atoms with Gasteiger partial charge < -0.3 is 52.8 Å². The third-order valence-electron chi connectivity index (χ3n) is 15.0. The predicted octanol–water partition coefficient (Wildman–Crippen LogP) is 5.55. The van der Waals surface area contributed by atoms with Gasteiger partial charge in [0.05, 0.1) is 55.4 Å². The monoisotopic (exact) mass is 872 g/mol. The molecule has 0 aromatic rings. The molecular weight excluding hydrogens is 799 g/mol. The van der Waals surface area contributed by atoms with E-state index >= 15 is 0 Å². The number of rotatable bonds is 8. The lowest BCUT2D eigenvalue weighted by Gasteiger charge is -2.48. The van der Waals surface area contributed by atoms with Crippen molar-refractivity contribution in [3.63, 3.8) is 0 Å². The molecule has 0 radical (unpaired) electrons. The fourth-order valence-corrected chi connectivity index (χ4v) is 11.2. The number of esters is 1. The average Bonchev–Trinajstić information content (AvgIpc) is 3.59. The zero-order valence-electron chi connectivity index (χ0n) is 38.3. The molecule has 4 fully saturated rings. The first-order valence-electron chi connectivity index (χ1n) is 22.9. The molecule has 2 bridgehead atoms. The zero-order valence-corrected chi connectivity index (χ0v) is 38.3. The first-order valence-corrected chi connectivity index (χ1v) is 22.9. The SMILES string of the molecule is CC[C@@H](C)[C@H]1O[C@]2(C=C[C@@H]1C)C[C@@H]1C[C@@H](C/C=C(\C)[C@@H](O[C@H]3C[C@H](OC)[C@@H](C4C[C@H](OC)[C@@H](ON)[C@H](C)O4)[C@H](C)O3)[C@@H](C)/C=C/C=C3\CO[C@@H]4[C@H](O)C(C)=C[C@@H](C(=O)O1)[C@]34O)O2. The van der Waals surface area contributed by atoms with E-state index in [2.05, 4.69) is 46.8 Å². The molecule has 7 rings (SSSR count). The maximum absolute atomic E-state index is 14.4. The van der Waals surface area contributed by atoms with Crippen molar-refractivity contribution in [2.75, 3.05) is 20.8 Å². The number of carbonyl (C=O) groups is 1. The molecule has 6 aliphatic heterocycles. The van der Waals surface area contributed by atoms with E-state index in [0.717, 1.165) is 12.0 Å². The highest BCUT2D eigenvalue weighted by Gasteiger charge is 2.60. The summed E-state index contributed by atoms with van der Waals surface area (Å²) in [6, 6.07) is 0. The third kappa shape index (κ3) is 9.37. The van der Waals surface area contributed by atoms with Gasteiger partial charge in [0.15, 0.2) is 12.1 Å². The minimum atomic E-state index is -1.83. The molecule has 348 valence electrons. The Morgan fingerprint density at radius 2 is 1.71 bits per heavy atom. The fraction of sp³-hybridized carbons (Fsp3) is 0.771. The Hall–Kier alpha value is -2.31. The fourth-order valence-electron chi connectivity index (χ4n) is 11.2. The van der Waals surface area contributed by atoms with Crippen LogP contribution in [0.25, 0.3) is 0 Å². The smallest absolute Gasteiger partial charge is 0.316 e. The van der Waals surface area contributed by atoms with Gasteiger partial charge in [0.1, 0.15) is 35.9 Å². The second kappa shape index (κ2) is 19.7. The van der Waals surface area contributed by atoms with Crippen LogP contribution in [-0.2, 0) is 52.3 Å². The van der Waals surface area contributed by atoms with Crippen LogP contribution in [0, 0.1) is 29.6 Å². The van der Waals surface area contributed by atoms with Crippen LogP contribution in [0.4, 0.5) is 0 Å². The topological polar surface area (TPSA) is 176 Å². The Balaban J connectivity index is 1.20. The highest BCUT2D eigenvalue weighted by Crippen LogP contribution is 2.47. The molecule has 4 saturated heterocycles. The summed E-state index contributed by atoms with van der Waals surface area (Å²) in [5, 5.41) is 23.7. The Morgan fingerprint density at radius 3 is 2.42 bits per heavy atom. The van der Waals surface area contributed by atoms with Crippen molar-refractivity contribution in [1.82, 2.24) is 0 Å². The van der Waals surface area contributed by atoms with Crippen molar-refractivity contribution in [1.29, 1.82) is 0 Å². The summed E-state index contributed by atoms with van der Waals surface area (Å²) >= 11 is 0. The Labute approximate surface area is 368 Å². The molecule has 0 saturated carbocycles. The van der Waals surface area contributed by atoms with Crippen molar-refractivity contribution in [2.45, 2.75) is 185 Å². The summed E-state index contributed by atoms with van der Waals surface area (Å²) in [6.45, 7) is 16.4. The molecule has 62 heavy (non-hydrogen) atoms. The van der Waals surface area contributed by atoms with E-state index < -0.39 is 54.0 Å². The van der Waals surface area contributed by atoms with Crippen LogP contribution in [0.5, 0.6) is 0 Å². The van der Waals surface area contributed by atoms with Gasteiger partial charge in [0.25, 0.3) is 0 Å². The summed E-state index contributed by atoms with van der Waals surface area (Å²) in [4.78, 5) is 19.6. The largest absolute Gasteiger partial charge is 0.462 e. The van der Waals surface area contributed by atoms with E-state index in [4.69, 9.17) is 53.4 Å². The van der Waals surface area contributed by atoms with E-state index in [1.165, 1.54) is 0 Å². The maximum Gasteiger partial charge on any atom is 0.316 e. The minimum absolute atomic E-state index is 0.0405. The number of allylic oxidation sites excluding steroid dienone is 2. The quantitative estimate of drug-likeness (QED) is 0.157. The van der Waals surface area contributed by atoms with Crippen LogP contribution >= 0.6 is 0 Å². The Kier molecular flexibility index (Phi) is 15.1. The second-order valence-corrected chi connectivity index (χ2v) is 19.2. The van der Waals surface area contributed by atoms with Crippen LogP contribution in [0.1, 0.15) is 93.9 Å². The normalized spacial score (nSPS) is 49.1. The second-order valence-electron chi connectivity index (χ2n) is 19.2. The highest BCUT2D eigenvalue weighted by molar-refractivity contribution is 5.78. The lowest BCUT2D eigenvalue weighted by molar-refractivity contribution is -0.300. The zero-order chi connectivity index (χ0) is 44.7. The van der Waals surface area contributed by atoms with Crippen LogP contribution in [0.2, 0.25) is 0 Å². The molecule has 14 nitrogen and oxygen atoms in total. The van der Waals surface area contributed by atoms with Crippen LogP contribution < -0.4 is 5.90 Å². The number of hydrogen-bond donors (Lipinski definition) is 3. The summed E-state index contributed by atoms with van der Waals surface area (Å²) in [7, 11) is 3.37. The molecule has 1 unspecified atom stereocenters. The van der Waals surface area contributed by atoms with Crippen LogP contribution in [-0.4, -0.2) is 128 Å². The molecular formula is C48H73NO13. The molecule has 1 spiro atoms. The van der Waals surface area contributed by atoms with Gasteiger partial charge in [-0.25, -0.2) is 5.90 Å². The lowest BCUT2D eigenvalue weighted by atomic mass is 9.71. The van der Waals surface area contributed by atoms with E-state index in [0.29, 0.717) is 43.3 Å². The lowest BCUT2D eigenvalue weighted by Crippen LogP contribution is -2.58. The minimum Gasteiger partial charge on any atom is -0.462 e. The van der Waals surface area contributed by atoms with Crippen molar-refractivity contribution in [2.24, 2.45) is 35.5 Å². The van der Waals surface area contributed by atoms with Crippen molar-refractivity contribution in [3.05, 3.63) is 59.3 Å². The Bertz CT molecular complexity index is 1730. The molecule has 6 heterocycles. The number of aliphatic hydroxyl groups is 2. The number of carbonyl (C=O) groups excluding carboxylic acids is 1. The van der Waals surface area contributed by atoms with Crippen molar-refractivity contribution >= 4 is 5.97 Å². The van der Waals surface area contributed by atoms with Gasteiger partial charge in [0, 0.05) is 57.7 Å². The van der Waals surface area contributed by atoms with E-state index in [-0.39, 0.29) is 79.1 Å². The average molecular weight is 872 g/mol. The van der Waals surface area contributed by atoms with Crippen LogP contribution in [0.15, 0.2) is 59.3 Å². The van der Waals surface area contributed by atoms with Crippen LogP contribution in [0.3, 0.4) is 0 Å². The summed E-state index contributed by atoms with van der Waals surface area (Å²) in [5.74, 6) is 3.01. The summed E-state index contributed by atoms with van der Waals surface area (Å²) in [6.07, 6.45) is 11.0. The summed E-state index contributed by atoms with van der Waals surface area (Å²) < 4.78 is 58.3. The Morgan fingerprint density at radius 1 is 0.952 bits per heavy atom. The van der Waals surface area contributed by atoms with E-state index in [1.54, 1.807) is 33.3 Å². The third-order valence-corrected chi connectivity index (χ3v) is 15.0. The maximum atomic E-state index is 14.4. The van der Waals surface area contributed by atoms with Gasteiger partial charge >= 0.3 is 5.97 Å². The standard InChI is InChI=1S/C48H73NO13/c1-11-25(2)43-28(5)17-18-47(61-43)23-34-20-33(60-47)16-15-27(4)42(26(3)13-12-14-32-24-55-45-41(50)29(6)19-35(46(51)58-34)48(32,45)52)59-39-22-36(53-9)40(30(7)57-39)37-21-38(54-10)44(62-49)31(8)56-37/h12-15,17-19,25-26,28,30-31,33-45,50,52H,11,16,20-24,49H2,1-10H3/b13-12+,27-15+,32-14+/t25-,26+,28+,30+,31+,33-,34+,35+,36+,37?,38+,39+,40+,41-,42+,43-,44+,45-,47-,48-/m1/s1. The first kappa shape index (κ1) is 47.6. The van der Waals surface area contributed by atoms with Gasteiger partial charge in [-0.05, 0) is 62.8 Å². The molecule has 20 atom stereocenters. The number of methoxy groups -OCH3 is 2. The molecule has 0 aromatic carbocycles. The molecule has 14 heteroatoms. The molecule has 1 aliphatic carbocycles. The first-order chi connectivity index (χ1) is 29.6. The van der Waals surface area contributed by atoms with Gasteiger partial charge in [-0.2, -0.15) is 0 Å². The molecule has 0 aromatic heterocycles.